The summed E-state index contributed by atoms with van der Waals surface area (Å²) >= 11 is -2.02. The Bertz CT molecular complexity index is 976. The molecule has 0 bridgehead atoms. The molecular weight excluding hydrogens is 506 g/mol. The molecule has 8 nitrogen and oxygen atoms in total. The van der Waals surface area contributed by atoms with Crippen molar-refractivity contribution in [1.82, 2.24) is 14.8 Å². The summed E-state index contributed by atoms with van der Waals surface area (Å²) in [5.41, 5.74) is 1.16. The van der Waals surface area contributed by atoms with Crippen LogP contribution in [-0.2, 0) is 9.47 Å². The molecule has 2 aromatic heterocycles. The van der Waals surface area contributed by atoms with Gasteiger partial charge in [0.1, 0.15) is 0 Å². The molecule has 0 saturated carbocycles. The number of halogens is 1. The Morgan fingerprint density at radius 2 is 2.13 bits per heavy atom. The van der Waals surface area contributed by atoms with Crippen LogP contribution < -0.4 is 10.1 Å². The fourth-order valence-corrected chi connectivity index (χ4v) is 9.85. The molecule has 0 unspecified atom stereocenters. The van der Waals surface area contributed by atoms with Gasteiger partial charge in [-0.25, -0.2) is 0 Å². The van der Waals surface area contributed by atoms with Crippen molar-refractivity contribution in [2.45, 2.75) is 24.9 Å². The minimum absolute atomic E-state index is 0.219. The number of ether oxygens (including phenoxy) is 3. The topological polar surface area (TPSA) is 87.5 Å². The third-order valence-electron chi connectivity index (χ3n) is 4.76. The molecule has 3 heterocycles. The molecule has 0 fully saturated rings. The van der Waals surface area contributed by atoms with E-state index in [1.807, 2.05) is 25.1 Å². The van der Waals surface area contributed by atoms with Crippen LogP contribution >= 0.6 is 0 Å². The Hall–Kier alpha value is -2.49. The van der Waals surface area contributed by atoms with E-state index in [1.54, 1.807) is 19.3 Å². The molecule has 3 rings (SSSR count). The number of aromatic nitrogens is 3. The number of allylic oxidation sites excluding steroid dienone is 2. The number of hydrogen-bond donors (Lipinski definition) is 1. The van der Waals surface area contributed by atoms with Gasteiger partial charge in [-0.3, -0.25) is 0 Å². The molecule has 1 N–H and O–H groups in total. The second-order valence-corrected chi connectivity index (χ2v) is 15.5. The molecule has 0 aromatic carbocycles. The molecule has 0 aliphatic carbocycles. The van der Waals surface area contributed by atoms with Gasteiger partial charge in [0.25, 0.3) is 0 Å². The van der Waals surface area contributed by atoms with Crippen LogP contribution in [0.5, 0.6) is 5.88 Å². The zero-order chi connectivity index (χ0) is 22.2. The Kier molecular flexibility index (Phi) is 8.39. The van der Waals surface area contributed by atoms with E-state index in [2.05, 4.69) is 26.2 Å². The number of alkyl halides is 1. The summed E-state index contributed by atoms with van der Waals surface area (Å²) in [6.07, 6.45) is 5.20. The van der Waals surface area contributed by atoms with Crippen molar-refractivity contribution in [1.29, 1.82) is 0 Å². The van der Waals surface area contributed by atoms with Crippen molar-refractivity contribution in [3.63, 3.8) is 0 Å². The van der Waals surface area contributed by atoms with E-state index < -0.39 is 34.3 Å². The summed E-state index contributed by atoms with van der Waals surface area (Å²) in [7, 11) is 0. The molecular formula is C21H26FInN4O4. The van der Waals surface area contributed by atoms with Gasteiger partial charge in [0.2, 0.25) is 0 Å². The zero-order valence-corrected chi connectivity index (χ0v) is 21.2. The maximum atomic E-state index is 12.4. The standard InChI is InChI=1S/C15H19N4O3.C6H7FO.In/c1-4-16-11-7-8-17-13(9-11)19-10-12(15(20)22-6-3)14(18-19)21-5-2;1-3-4-6(2)8-5-7;/h7-10H,1,4-6H2,2-3H3,(H,16,17);2,4H,5H2,1H3;. The van der Waals surface area contributed by atoms with Crippen LogP contribution in [0.3, 0.4) is 0 Å². The first-order chi connectivity index (χ1) is 15.0. The van der Waals surface area contributed by atoms with Crippen LogP contribution in [-0.4, -0.2) is 68.8 Å². The number of nitrogens with zero attached hydrogens (tertiary/aromatic N) is 3. The van der Waals surface area contributed by atoms with Crippen molar-refractivity contribution in [2.75, 3.05) is 31.9 Å². The number of carbonyl (C=O) groups is 1. The molecule has 0 saturated heterocycles. The SMILES string of the molecule is CCOC(=O)c1cn(-c2cc(NC[CH2][In]3[CH]=C(OCF)C=[C]3C)ccn2)nc1OCC. The maximum absolute atomic E-state index is 12.4. The Morgan fingerprint density at radius 1 is 1.29 bits per heavy atom. The van der Waals surface area contributed by atoms with Crippen LogP contribution in [0.1, 0.15) is 31.1 Å². The number of rotatable bonds is 11. The second kappa shape index (κ2) is 11.2. The molecule has 0 spiro atoms. The first-order valence-corrected chi connectivity index (χ1v) is 16.1. The van der Waals surface area contributed by atoms with Crippen LogP contribution in [0, 0.1) is 0 Å². The van der Waals surface area contributed by atoms with Gasteiger partial charge in [-0.2, -0.15) is 0 Å². The summed E-state index contributed by atoms with van der Waals surface area (Å²) in [5, 5.41) is 7.76. The molecule has 1 aliphatic heterocycles. The molecule has 0 atom stereocenters. The minimum atomic E-state index is -2.02. The number of carbonyl (C=O) groups excluding carboxylic acids is 1. The molecule has 1 aliphatic rings. The van der Waals surface area contributed by atoms with E-state index in [0.717, 1.165) is 16.4 Å². The van der Waals surface area contributed by atoms with Crippen molar-refractivity contribution in [2.24, 2.45) is 0 Å². The fourth-order valence-electron chi connectivity index (χ4n) is 3.27. The van der Waals surface area contributed by atoms with E-state index >= 15 is 0 Å². The summed E-state index contributed by atoms with van der Waals surface area (Å²) in [5.74, 6) is 0.966. The third kappa shape index (κ3) is 6.03. The van der Waals surface area contributed by atoms with Crippen molar-refractivity contribution >= 4 is 33.1 Å². The number of hydrogen-bond acceptors (Lipinski definition) is 7. The van der Waals surface area contributed by atoms with Gasteiger partial charge in [0.05, 0.1) is 0 Å². The number of esters is 1. The van der Waals surface area contributed by atoms with Gasteiger partial charge in [-0.1, -0.05) is 0 Å². The van der Waals surface area contributed by atoms with Crippen LogP contribution in [0.4, 0.5) is 10.1 Å². The van der Waals surface area contributed by atoms with Crippen LogP contribution in [0.25, 0.3) is 5.82 Å². The quantitative estimate of drug-likeness (QED) is 0.443. The molecule has 10 heteroatoms. The average Bonchev–Trinajstić information content (AvgIpc) is 3.33. The van der Waals surface area contributed by atoms with Gasteiger partial charge >= 0.3 is 182 Å². The van der Waals surface area contributed by atoms with Gasteiger partial charge in [-0.05, 0) is 6.92 Å². The Morgan fingerprint density at radius 3 is 2.87 bits per heavy atom. The average molecular weight is 532 g/mol. The van der Waals surface area contributed by atoms with E-state index in [0.29, 0.717) is 18.2 Å². The van der Waals surface area contributed by atoms with Crippen molar-refractivity contribution in [3.05, 3.63) is 49.1 Å². The van der Waals surface area contributed by atoms with Crippen LogP contribution in [0.15, 0.2) is 43.5 Å². The number of nitrogens with one attached hydrogen (secondary N) is 1. The Labute approximate surface area is 188 Å². The van der Waals surface area contributed by atoms with Crippen LogP contribution in [0.2, 0.25) is 4.18 Å². The summed E-state index contributed by atoms with van der Waals surface area (Å²) in [4.78, 5) is 16.5. The monoisotopic (exact) mass is 532 g/mol. The molecule has 0 amide bonds. The zero-order valence-electron chi connectivity index (χ0n) is 17.9. The Balaban J connectivity index is 1.67. The molecule has 31 heavy (non-hydrogen) atoms. The second-order valence-electron chi connectivity index (χ2n) is 6.88. The summed E-state index contributed by atoms with van der Waals surface area (Å²) in [6.45, 7) is 6.33. The van der Waals surface area contributed by atoms with E-state index in [1.165, 1.54) is 8.01 Å². The van der Waals surface area contributed by atoms with Gasteiger partial charge in [0, 0.05) is 0 Å². The molecule has 2 aromatic rings. The van der Waals surface area contributed by atoms with E-state index in [9.17, 15) is 9.18 Å². The summed E-state index contributed by atoms with van der Waals surface area (Å²) < 4.78 is 34.0. The third-order valence-corrected chi connectivity index (χ3v) is 13.3. The fraction of sp³-hybridized carbons (Fsp3) is 0.381. The van der Waals surface area contributed by atoms with Crippen molar-refractivity contribution < 1.29 is 23.4 Å². The predicted octanol–water partition coefficient (Wildman–Crippen LogP) is 3.62. The number of pyridine rings is 1. The molecule has 0 radical (unpaired) electrons. The van der Waals surface area contributed by atoms with Gasteiger partial charge < -0.3 is 0 Å². The number of anilines is 1. The molecule has 164 valence electrons. The van der Waals surface area contributed by atoms with Gasteiger partial charge in [0.15, 0.2) is 0 Å². The van der Waals surface area contributed by atoms with E-state index in [4.69, 9.17) is 14.2 Å². The van der Waals surface area contributed by atoms with Gasteiger partial charge in [-0.15, -0.1) is 0 Å². The van der Waals surface area contributed by atoms with Crippen molar-refractivity contribution in [3.8, 4) is 11.7 Å². The van der Waals surface area contributed by atoms with E-state index in [-0.39, 0.29) is 18.1 Å². The predicted molar refractivity (Wildman–Crippen MR) is 116 cm³/mol. The first kappa shape index (κ1) is 23.2. The normalized spacial score (nSPS) is 13.0. The first-order valence-electron chi connectivity index (χ1n) is 10.2. The summed E-state index contributed by atoms with van der Waals surface area (Å²) in [6, 6.07) is 3.74.